The lowest BCUT2D eigenvalue weighted by atomic mass is 10.2. The lowest BCUT2D eigenvalue weighted by Gasteiger charge is -2.12. The van der Waals surface area contributed by atoms with E-state index in [1.165, 1.54) is 13.2 Å². The molecule has 160 valence electrons. The second-order valence-electron chi connectivity index (χ2n) is 6.73. The topological polar surface area (TPSA) is 114 Å². The highest BCUT2D eigenvalue weighted by atomic mass is 16.6. The molecule has 0 unspecified atom stereocenters. The van der Waals surface area contributed by atoms with Gasteiger partial charge in [0.05, 0.1) is 7.11 Å². The van der Waals surface area contributed by atoms with Gasteiger partial charge in [-0.3, -0.25) is 9.59 Å². The van der Waals surface area contributed by atoms with Crippen LogP contribution in [-0.4, -0.2) is 49.0 Å². The van der Waals surface area contributed by atoms with Gasteiger partial charge < -0.3 is 20.1 Å². The maximum absolute atomic E-state index is 12.6. The number of carbonyl (C=O) groups is 4. The monoisotopic (exact) mass is 423 g/mol. The van der Waals surface area contributed by atoms with Crippen molar-refractivity contribution in [3.05, 3.63) is 65.4 Å². The van der Waals surface area contributed by atoms with Gasteiger partial charge in [0.15, 0.2) is 6.61 Å². The molecule has 4 amide bonds. The first kappa shape index (κ1) is 21.6. The summed E-state index contributed by atoms with van der Waals surface area (Å²) < 4.78 is 9.75. The summed E-state index contributed by atoms with van der Waals surface area (Å²) in [6.07, 6.45) is 1.49. The fourth-order valence-corrected chi connectivity index (χ4v) is 2.81. The minimum Gasteiger partial charge on any atom is -0.482 e. The van der Waals surface area contributed by atoms with Crippen LogP contribution in [-0.2, 0) is 19.1 Å². The minimum absolute atomic E-state index is 0.0524. The van der Waals surface area contributed by atoms with Crippen LogP contribution in [0.4, 0.5) is 10.5 Å². The summed E-state index contributed by atoms with van der Waals surface area (Å²) in [5, 5.41) is 5.14. The normalized spacial score (nSPS) is 14.4. The van der Waals surface area contributed by atoms with E-state index in [0.29, 0.717) is 17.0 Å². The molecule has 3 rings (SSSR count). The molecule has 2 aromatic rings. The number of nitrogens with one attached hydrogen (secondary N) is 2. The van der Waals surface area contributed by atoms with Gasteiger partial charge in [0, 0.05) is 5.69 Å². The number of amides is 4. The summed E-state index contributed by atoms with van der Waals surface area (Å²) in [5.74, 6) is -1.14. The van der Waals surface area contributed by atoms with Crippen molar-refractivity contribution in [2.75, 3.05) is 25.6 Å². The maximum Gasteiger partial charge on any atom is 0.343 e. The number of carbonyl (C=O) groups excluding carboxylic acids is 4. The third-order valence-corrected chi connectivity index (χ3v) is 4.34. The van der Waals surface area contributed by atoms with Crippen LogP contribution >= 0.6 is 0 Å². The molecule has 1 fully saturated rings. The molecule has 9 nitrogen and oxygen atoms in total. The van der Waals surface area contributed by atoms with E-state index in [0.717, 1.165) is 10.5 Å². The fourth-order valence-electron chi connectivity index (χ4n) is 2.81. The number of rotatable bonds is 7. The predicted molar refractivity (Wildman–Crippen MR) is 112 cm³/mol. The van der Waals surface area contributed by atoms with Crippen LogP contribution in [0.3, 0.4) is 0 Å². The second kappa shape index (κ2) is 9.57. The van der Waals surface area contributed by atoms with Gasteiger partial charge in [0.2, 0.25) is 5.91 Å². The van der Waals surface area contributed by atoms with Crippen molar-refractivity contribution in [2.45, 2.75) is 6.92 Å². The van der Waals surface area contributed by atoms with Crippen molar-refractivity contribution in [2.24, 2.45) is 0 Å². The Hall–Kier alpha value is -4.14. The number of hydrogen-bond donors (Lipinski definition) is 2. The van der Waals surface area contributed by atoms with E-state index < -0.39 is 30.4 Å². The van der Waals surface area contributed by atoms with Gasteiger partial charge in [0.25, 0.3) is 5.91 Å². The van der Waals surface area contributed by atoms with E-state index >= 15 is 0 Å². The molecule has 1 heterocycles. The molecule has 1 saturated heterocycles. The van der Waals surface area contributed by atoms with E-state index in [1.54, 1.807) is 42.5 Å². The lowest BCUT2D eigenvalue weighted by molar-refractivity contribution is -0.142. The molecule has 9 heteroatoms. The Morgan fingerprint density at radius 2 is 1.87 bits per heavy atom. The minimum atomic E-state index is -0.673. The van der Waals surface area contributed by atoms with Gasteiger partial charge in [-0.25, -0.2) is 14.5 Å². The summed E-state index contributed by atoms with van der Waals surface area (Å²) in [7, 11) is 1.27. The van der Waals surface area contributed by atoms with E-state index in [2.05, 4.69) is 15.4 Å². The predicted octanol–water partition coefficient (Wildman–Crippen LogP) is 2.08. The van der Waals surface area contributed by atoms with E-state index in [4.69, 9.17) is 4.74 Å². The average Bonchev–Trinajstić information content (AvgIpc) is 3.00. The quantitative estimate of drug-likeness (QED) is 0.400. The van der Waals surface area contributed by atoms with Crippen LogP contribution in [0.1, 0.15) is 11.1 Å². The van der Waals surface area contributed by atoms with Crippen LogP contribution in [0.5, 0.6) is 5.75 Å². The SMILES string of the molecule is COC(=O)COc1ccc(/C=C2/NC(=O)N(CC(=O)Nc3cccc(C)c3)C2=O)cc1. The van der Waals surface area contributed by atoms with Crippen molar-refractivity contribution in [3.63, 3.8) is 0 Å². The summed E-state index contributed by atoms with van der Waals surface area (Å²) in [4.78, 5) is 48.9. The number of anilines is 1. The Bertz CT molecular complexity index is 1050. The number of nitrogens with zero attached hydrogens (tertiary/aromatic N) is 1. The molecular formula is C22H21N3O6. The molecule has 31 heavy (non-hydrogen) atoms. The molecule has 1 aliphatic rings. The second-order valence-corrected chi connectivity index (χ2v) is 6.73. The van der Waals surface area contributed by atoms with Crippen LogP contribution in [0.25, 0.3) is 6.08 Å². The molecule has 0 aliphatic carbocycles. The maximum atomic E-state index is 12.6. The van der Waals surface area contributed by atoms with Crippen LogP contribution < -0.4 is 15.4 Å². The molecule has 0 bridgehead atoms. The lowest BCUT2D eigenvalue weighted by Crippen LogP contribution is -2.38. The molecule has 0 saturated carbocycles. The summed E-state index contributed by atoms with van der Waals surface area (Å²) in [6.45, 7) is 1.27. The molecule has 0 radical (unpaired) electrons. The van der Waals surface area contributed by atoms with E-state index in [-0.39, 0.29) is 12.3 Å². The zero-order valence-electron chi connectivity index (χ0n) is 17.0. The zero-order chi connectivity index (χ0) is 22.4. The molecule has 0 aromatic heterocycles. The molecule has 0 atom stereocenters. The first-order valence-electron chi connectivity index (χ1n) is 9.36. The number of urea groups is 1. The Morgan fingerprint density at radius 3 is 2.55 bits per heavy atom. The first-order valence-corrected chi connectivity index (χ1v) is 9.36. The van der Waals surface area contributed by atoms with Crippen molar-refractivity contribution >= 4 is 35.6 Å². The fraction of sp³-hybridized carbons (Fsp3) is 0.182. The number of hydrogen-bond acceptors (Lipinski definition) is 6. The Balaban J connectivity index is 1.62. The highest BCUT2D eigenvalue weighted by molar-refractivity contribution is 6.15. The summed E-state index contributed by atoms with van der Waals surface area (Å²) in [5.41, 5.74) is 2.23. The van der Waals surface area contributed by atoms with Crippen LogP contribution in [0, 0.1) is 6.92 Å². The van der Waals surface area contributed by atoms with E-state index in [1.807, 2.05) is 13.0 Å². The van der Waals surface area contributed by atoms with Crippen molar-refractivity contribution in [1.82, 2.24) is 10.2 Å². The number of aryl methyl sites for hydroxylation is 1. The number of ether oxygens (including phenoxy) is 2. The third kappa shape index (κ3) is 5.69. The van der Waals surface area contributed by atoms with Gasteiger partial charge in [-0.05, 0) is 48.4 Å². The molecule has 1 aliphatic heterocycles. The number of methoxy groups -OCH3 is 1. The highest BCUT2D eigenvalue weighted by Gasteiger charge is 2.34. The van der Waals surface area contributed by atoms with Gasteiger partial charge in [0.1, 0.15) is 18.0 Å². The number of benzene rings is 2. The Morgan fingerprint density at radius 1 is 1.13 bits per heavy atom. The Labute approximate surface area is 178 Å². The molecular weight excluding hydrogens is 402 g/mol. The average molecular weight is 423 g/mol. The van der Waals surface area contributed by atoms with Crippen molar-refractivity contribution < 1.29 is 28.7 Å². The molecule has 2 N–H and O–H groups in total. The standard InChI is InChI=1S/C22H21N3O6/c1-14-4-3-5-16(10-14)23-19(26)12-25-21(28)18(24-22(25)29)11-15-6-8-17(9-7-15)31-13-20(27)30-2/h3-11H,12-13H2,1-2H3,(H,23,26)(H,24,29)/b18-11+. The first-order chi connectivity index (χ1) is 14.9. The van der Waals surface area contributed by atoms with Crippen molar-refractivity contribution in [1.29, 1.82) is 0 Å². The number of esters is 1. The summed E-state index contributed by atoms with van der Waals surface area (Å²) in [6, 6.07) is 13.1. The molecule has 0 spiro atoms. The smallest absolute Gasteiger partial charge is 0.343 e. The van der Waals surface area contributed by atoms with E-state index in [9.17, 15) is 19.2 Å². The summed E-state index contributed by atoms with van der Waals surface area (Å²) >= 11 is 0. The van der Waals surface area contributed by atoms with Gasteiger partial charge in [-0.2, -0.15) is 0 Å². The highest BCUT2D eigenvalue weighted by Crippen LogP contribution is 2.18. The number of imide groups is 1. The zero-order valence-corrected chi connectivity index (χ0v) is 17.0. The van der Waals surface area contributed by atoms with Crippen LogP contribution in [0.2, 0.25) is 0 Å². The van der Waals surface area contributed by atoms with Crippen LogP contribution in [0.15, 0.2) is 54.2 Å². The van der Waals surface area contributed by atoms with Gasteiger partial charge in [-0.15, -0.1) is 0 Å². The third-order valence-electron chi connectivity index (χ3n) is 4.34. The van der Waals surface area contributed by atoms with Crippen molar-refractivity contribution in [3.8, 4) is 5.75 Å². The molecule has 2 aromatic carbocycles. The largest absolute Gasteiger partial charge is 0.482 e. The van der Waals surface area contributed by atoms with Gasteiger partial charge >= 0.3 is 12.0 Å². The Kier molecular flexibility index (Phi) is 6.66. The van der Waals surface area contributed by atoms with Gasteiger partial charge in [-0.1, -0.05) is 24.3 Å².